The van der Waals surface area contributed by atoms with Gasteiger partial charge in [0, 0.05) is 48.0 Å². The van der Waals surface area contributed by atoms with E-state index in [2.05, 4.69) is 144 Å². The van der Waals surface area contributed by atoms with Gasteiger partial charge in [0.15, 0.2) is 0 Å². The Kier molecular flexibility index (Phi) is 5.40. The Morgan fingerprint density at radius 3 is 2.00 bits per heavy atom. The molecule has 202 valence electrons. The molecule has 0 atom stereocenters. The molecular weight excluding hydrogens is 543 g/mol. The number of para-hydroxylation sites is 2. The van der Waals surface area contributed by atoms with Crippen molar-refractivity contribution in [2.24, 2.45) is 0 Å². The van der Waals surface area contributed by atoms with Gasteiger partial charge in [-0.1, -0.05) is 84.9 Å². The Hall–Kier alpha value is -5.38. The standard InChI is InChI=1S/C40H25NOS/c1-2-8-29(9-3-1)41(31-20-22-37-35(25-31)33-10-4-6-12-36(33)42-37)30-18-14-26(15-19-30)27-16-21-32-28(24-27)17-23-39-40(32)34-11-5-7-13-38(34)43-39/h1-25H. The molecule has 0 aliphatic heterocycles. The number of thiophene rings is 1. The summed E-state index contributed by atoms with van der Waals surface area (Å²) in [5.41, 5.74) is 7.54. The number of rotatable bonds is 4. The second-order valence-corrected chi connectivity index (χ2v) is 12.1. The summed E-state index contributed by atoms with van der Waals surface area (Å²) >= 11 is 1.87. The average molecular weight is 568 g/mol. The van der Waals surface area contributed by atoms with Crippen LogP contribution in [0.3, 0.4) is 0 Å². The highest BCUT2D eigenvalue weighted by Gasteiger charge is 2.16. The zero-order valence-corrected chi connectivity index (χ0v) is 24.0. The molecule has 0 aliphatic carbocycles. The molecule has 3 heteroatoms. The second-order valence-electron chi connectivity index (χ2n) is 11.0. The summed E-state index contributed by atoms with van der Waals surface area (Å²) in [5.74, 6) is 0. The van der Waals surface area contributed by atoms with E-state index in [0.29, 0.717) is 0 Å². The first-order valence-electron chi connectivity index (χ1n) is 14.5. The lowest BCUT2D eigenvalue weighted by Gasteiger charge is -2.25. The minimum atomic E-state index is 0.900. The predicted octanol–water partition coefficient (Wildman–Crippen LogP) is 12.2. The number of fused-ring (bicyclic) bond motifs is 8. The zero-order valence-electron chi connectivity index (χ0n) is 23.2. The minimum Gasteiger partial charge on any atom is -0.456 e. The molecule has 0 unspecified atom stereocenters. The maximum atomic E-state index is 6.12. The van der Waals surface area contributed by atoms with Gasteiger partial charge in [0.2, 0.25) is 0 Å². The third kappa shape index (κ3) is 3.93. The highest BCUT2D eigenvalue weighted by Crippen LogP contribution is 2.41. The highest BCUT2D eigenvalue weighted by molar-refractivity contribution is 7.26. The first kappa shape index (κ1) is 24.2. The Balaban J connectivity index is 1.13. The lowest BCUT2D eigenvalue weighted by Crippen LogP contribution is -2.09. The molecule has 9 aromatic rings. The summed E-state index contributed by atoms with van der Waals surface area (Å²) in [4.78, 5) is 2.31. The monoisotopic (exact) mass is 567 g/mol. The molecule has 2 aromatic heterocycles. The van der Waals surface area contributed by atoms with Gasteiger partial charge in [0.05, 0.1) is 0 Å². The zero-order chi connectivity index (χ0) is 28.3. The van der Waals surface area contributed by atoms with Crippen molar-refractivity contribution in [1.29, 1.82) is 0 Å². The topological polar surface area (TPSA) is 16.4 Å². The van der Waals surface area contributed by atoms with Crippen LogP contribution in [0.1, 0.15) is 0 Å². The average Bonchev–Trinajstić information content (AvgIpc) is 3.64. The third-order valence-electron chi connectivity index (χ3n) is 8.45. The summed E-state index contributed by atoms with van der Waals surface area (Å²) < 4.78 is 8.80. The third-order valence-corrected chi connectivity index (χ3v) is 9.59. The molecular formula is C40H25NOS. The lowest BCUT2D eigenvalue weighted by molar-refractivity contribution is 0.669. The van der Waals surface area contributed by atoms with Crippen LogP contribution in [0, 0.1) is 0 Å². The van der Waals surface area contributed by atoms with Crippen molar-refractivity contribution in [1.82, 2.24) is 0 Å². The fraction of sp³-hybridized carbons (Fsp3) is 0. The van der Waals surface area contributed by atoms with E-state index < -0.39 is 0 Å². The van der Waals surface area contributed by atoms with Crippen LogP contribution in [0.4, 0.5) is 17.1 Å². The number of anilines is 3. The summed E-state index contributed by atoms with van der Waals surface area (Å²) in [6, 6.07) is 54.3. The fourth-order valence-corrected chi connectivity index (χ4v) is 7.53. The molecule has 0 N–H and O–H groups in total. The van der Waals surface area contributed by atoms with Gasteiger partial charge in [-0.25, -0.2) is 0 Å². The summed E-state index contributed by atoms with van der Waals surface area (Å²) in [7, 11) is 0. The maximum Gasteiger partial charge on any atom is 0.135 e. The molecule has 0 saturated carbocycles. The van der Waals surface area contributed by atoms with E-state index >= 15 is 0 Å². The molecule has 0 saturated heterocycles. The van der Waals surface area contributed by atoms with E-state index in [-0.39, 0.29) is 0 Å². The van der Waals surface area contributed by atoms with E-state index in [9.17, 15) is 0 Å². The normalized spacial score (nSPS) is 11.7. The SMILES string of the molecule is c1ccc(N(c2ccc(-c3ccc4c(ccc5sc6ccccc6c54)c3)cc2)c2ccc3oc4ccccc4c3c2)cc1. The van der Waals surface area contributed by atoms with Gasteiger partial charge in [-0.05, 0) is 88.6 Å². The van der Waals surface area contributed by atoms with E-state index in [4.69, 9.17) is 4.42 Å². The summed E-state index contributed by atoms with van der Waals surface area (Å²) in [5, 5.41) is 7.53. The van der Waals surface area contributed by atoms with Crippen LogP contribution >= 0.6 is 11.3 Å². The van der Waals surface area contributed by atoms with Gasteiger partial charge in [-0.2, -0.15) is 0 Å². The van der Waals surface area contributed by atoms with Crippen LogP contribution in [-0.4, -0.2) is 0 Å². The molecule has 0 aliphatic rings. The number of benzene rings is 7. The molecule has 2 heterocycles. The van der Waals surface area contributed by atoms with Crippen molar-refractivity contribution >= 4 is 81.3 Å². The van der Waals surface area contributed by atoms with Gasteiger partial charge in [0.25, 0.3) is 0 Å². The fourth-order valence-electron chi connectivity index (χ4n) is 6.41. The van der Waals surface area contributed by atoms with Gasteiger partial charge < -0.3 is 9.32 Å². The van der Waals surface area contributed by atoms with E-state index in [0.717, 1.165) is 39.0 Å². The Labute approximate surface area is 252 Å². The quantitative estimate of drug-likeness (QED) is 0.210. The molecule has 0 amide bonds. The summed E-state index contributed by atoms with van der Waals surface area (Å²) in [6.45, 7) is 0. The van der Waals surface area contributed by atoms with Gasteiger partial charge in [0.1, 0.15) is 11.2 Å². The van der Waals surface area contributed by atoms with E-state index in [1.165, 1.54) is 42.1 Å². The molecule has 0 spiro atoms. The van der Waals surface area contributed by atoms with Crippen molar-refractivity contribution in [3.8, 4) is 11.1 Å². The Bertz CT molecular complexity index is 2450. The van der Waals surface area contributed by atoms with E-state index in [1.807, 2.05) is 23.5 Å². The van der Waals surface area contributed by atoms with Crippen LogP contribution < -0.4 is 4.90 Å². The van der Waals surface area contributed by atoms with Gasteiger partial charge in [-0.3, -0.25) is 0 Å². The number of hydrogen-bond acceptors (Lipinski definition) is 3. The molecule has 0 radical (unpaired) electrons. The minimum absolute atomic E-state index is 0.900. The largest absolute Gasteiger partial charge is 0.456 e. The van der Waals surface area contributed by atoms with Crippen LogP contribution in [0.15, 0.2) is 156 Å². The van der Waals surface area contributed by atoms with Crippen molar-refractivity contribution in [3.63, 3.8) is 0 Å². The number of hydrogen-bond donors (Lipinski definition) is 0. The van der Waals surface area contributed by atoms with Gasteiger partial charge >= 0.3 is 0 Å². The van der Waals surface area contributed by atoms with Crippen molar-refractivity contribution in [2.75, 3.05) is 4.90 Å². The highest BCUT2D eigenvalue weighted by atomic mass is 32.1. The summed E-state index contributed by atoms with van der Waals surface area (Å²) in [6.07, 6.45) is 0. The lowest BCUT2D eigenvalue weighted by atomic mass is 9.98. The second kappa shape index (κ2) is 9.59. The Morgan fingerprint density at radius 2 is 1.12 bits per heavy atom. The van der Waals surface area contributed by atoms with Crippen molar-refractivity contribution in [3.05, 3.63) is 152 Å². The molecule has 2 nitrogen and oxygen atoms in total. The Morgan fingerprint density at radius 1 is 0.419 bits per heavy atom. The van der Waals surface area contributed by atoms with Crippen LogP contribution in [0.2, 0.25) is 0 Å². The number of nitrogens with zero attached hydrogens (tertiary/aromatic N) is 1. The smallest absolute Gasteiger partial charge is 0.135 e. The van der Waals surface area contributed by atoms with Crippen LogP contribution in [0.5, 0.6) is 0 Å². The molecule has 9 rings (SSSR count). The molecule has 43 heavy (non-hydrogen) atoms. The maximum absolute atomic E-state index is 6.12. The first-order valence-corrected chi connectivity index (χ1v) is 15.3. The first-order chi connectivity index (χ1) is 21.3. The predicted molar refractivity (Wildman–Crippen MR) is 184 cm³/mol. The molecule has 7 aromatic carbocycles. The van der Waals surface area contributed by atoms with Crippen molar-refractivity contribution in [2.45, 2.75) is 0 Å². The van der Waals surface area contributed by atoms with Crippen molar-refractivity contribution < 1.29 is 4.42 Å². The van der Waals surface area contributed by atoms with E-state index in [1.54, 1.807) is 0 Å². The van der Waals surface area contributed by atoms with Crippen LogP contribution in [-0.2, 0) is 0 Å². The number of furan rings is 1. The van der Waals surface area contributed by atoms with Gasteiger partial charge in [-0.15, -0.1) is 11.3 Å². The molecule has 0 fully saturated rings. The van der Waals surface area contributed by atoms with Crippen LogP contribution in [0.25, 0.3) is 64.0 Å². The molecule has 0 bridgehead atoms.